The summed E-state index contributed by atoms with van der Waals surface area (Å²) in [6.45, 7) is 7.36. The Balaban J connectivity index is 2.77. The lowest BCUT2D eigenvalue weighted by Crippen LogP contribution is -2.21. The molecule has 1 heterocycles. The van der Waals surface area contributed by atoms with Crippen LogP contribution in [0.25, 0.3) is 0 Å². The van der Waals surface area contributed by atoms with Gasteiger partial charge in [-0.1, -0.05) is 13.8 Å². The van der Waals surface area contributed by atoms with Gasteiger partial charge in [0.25, 0.3) is 0 Å². The van der Waals surface area contributed by atoms with Crippen LogP contribution < -0.4 is 0 Å². The van der Waals surface area contributed by atoms with Crippen LogP contribution in [-0.4, -0.2) is 27.3 Å². The van der Waals surface area contributed by atoms with Crippen LogP contribution in [0.1, 0.15) is 32.4 Å². The molecular formula is C11H17N3O4. The van der Waals surface area contributed by atoms with Gasteiger partial charge in [0, 0.05) is 0 Å². The van der Waals surface area contributed by atoms with E-state index in [1.807, 2.05) is 13.8 Å². The van der Waals surface area contributed by atoms with Crippen molar-refractivity contribution in [3.63, 3.8) is 0 Å². The van der Waals surface area contributed by atoms with E-state index in [1.54, 1.807) is 13.8 Å². The Hall–Kier alpha value is -1.92. The van der Waals surface area contributed by atoms with E-state index in [9.17, 15) is 14.9 Å². The van der Waals surface area contributed by atoms with Crippen molar-refractivity contribution in [2.75, 3.05) is 6.61 Å². The molecular weight excluding hydrogens is 238 g/mol. The zero-order chi connectivity index (χ0) is 13.9. The smallest absolute Gasteiger partial charge is 0.392 e. The zero-order valence-electron chi connectivity index (χ0n) is 10.9. The van der Waals surface area contributed by atoms with E-state index in [1.165, 1.54) is 10.9 Å². The van der Waals surface area contributed by atoms with Gasteiger partial charge in [-0.25, -0.2) is 4.79 Å². The molecule has 0 aliphatic carbocycles. The van der Waals surface area contributed by atoms with E-state index in [0.29, 0.717) is 12.2 Å². The van der Waals surface area contributed by atoms with Crippen molar-refractivity contribution in [2.24, 2.45) is 5.92 Å². The molecule has 0 saturated carbocycles. The minimum Gasteiger partial charge on any atom is -0.464 e. The van der Waals surface area contributed by atoms with Gasteiger partial charge in [0.1, 0.15) is 0 Å². The van der Waals surface area contributed by atoms with Gasteiger partial charge in [0.2, 0.25) is 0 Å². The standard InChI is InChI=1S/C11H17N3O4/c1-7(2)6-18-11(15)9(4)13-5-8(3)10(12-13)14(16)17/h5,7,9H,6H2,1-4H3. The number of aromatic nitrogens is 2. The summed E-state index contributed by atoms with van der Waals surface area (Å²) in [5, 5.41) is 14.4. The zero-order valence-corrected chi connectivity index (χ0v) is 10.9. The number of carbonyl (C=O) groups excluding carboxylic acids is 1. The first-order chi connectivity index (χ1) is 8.32. The number of carbonyl (C=O) groups is 1. The Labute approximate surface area is 105 Å². The fraction of sp³-hybridized carbons (Fsp3) is 0.636. The van der Waals surface area contributed by atoms with Gasteiger partial charge in [-0.3, -0.25) is 0 Å². The van der Waals surface area contributed by atoms with Gasteiger partial charge in [-0.2, -0.15) is 4.68 Å². The van der Waals surface area contributed by atoms with Crippen molar-refractivity contribution >= 4 is 11.8 Å². The molecule has 18 heavy (non-hydrogen) atoms. The Morgan fingerprint density at radius 3 is 2.61 bits per heavy atom. The summed E-state index contributed by atoms with van der Waals surface area (Å²) in [4.78, 5) is 21.8. The third-order valence-corrected chi connectivity index (χ3v) is 2.36. The Bertz CT molecular complexity index is 453. The molecule has 1 aromatic heterocycles. The molecule has 7 heteroatoms. The number of rotatable bonds is 5. The van der Waals surface area contributed by atoms with Crippen LogP contribution >= 0.6 is 0 Å². The molecule has 7 nitrogen and oxygen atoms in total. The van der Waals surface area contributed by atoms with Crippen LogP contribution in [0.3, 0.4) is 0 Å². The normalized spacial score (nSPS) is 12.5. The molecule has 0 aliphatic heterocycles. The number of ether oxygens (including phenoxy) is 1. The summed E-state index contributed by atoms with van der Waals surface area (Å²) in [6, 6.07) is -0.670. The van der Waals surface area contributed by atoms with Crippen molar-refractivity contribution in [3.8, 4) is 0 Å². The quantitative estimate of drug-likeness (QED) is 0.455. The fourth-order valence-corrected chi connectivity index (χ4v) is 1.33. The summed E-state index contributed by atoms with van der Waals surface area (Å²) in [7, 11) is 0. The highest BCUT2D eigenvalue weighted by Gasteiger charge is 2.25. The van der Waals surface area contributed by atoms with Crippen molar-refractivity contribution in [1.29, 1.82) is 0 Å². The monoisotopic (exact) mass is 255 g/mol. The molecule has 0 radical (unpaired) electrons. The molecule has 1 rings (SSSR count). The van der Waals surface area contributed by atoms with Crippen molar-refractivity contribution in [1.82, 2.24) is 9.78 Å². The maximum Gasteiger partial charge on any atom is 0.392 e. The highest BCUT2D eigenvalue weighted by Crippen LogP contribution is 2.18. The summed E-state index contributed by atoms with van der Waals surface area (Å²) in [5.41, 5.74) is 0.420. The Kier molecular flexibility index (Phi) is 4.41. The lowest BCUT2D eigenvalue weighted by Gasteiger charge is -2.10. The van der Waals surface area contributed by atoms with Gasteiger partial charge in [0.05, 0.1) is 23.5 Å². The third kappa shape index (κ3) is 3.28. The van der Waals surface area contributed by atoms with E-state index in [0.717, 1.165) is 0 Å². The number of nitro groups is 1. The van der Waals surface area contributed by atoms with Crippen molar-refractivity contribution < 1.29 is 14.5 Å². The van der Waals surface area contributed by atoms with Gasteiger partial charge in [-0.05, 0) is 24.7 Å². The van der Waals surface area contributed by atoms with Crippen LogP contribution in [0, 0.1) is 23.0 Å². The molecule has 0 fully saturated rings. The molecule has 1 atom stereocenters. The Morgan fingerprint density at radius 2 is 2.17 bits per heavy atom. The number of hydrogen-bond donors (Lipinski definition) is 0. The second-order valence-corrected chi connectivity index (χ2v) is 4.57. The van der Waals surface area contributed by atoms with Crippen LogP contribution in [-0.2, 0) is 9.53 Å². The van der Waals surface area contributed by atoms with E-state index < -0.39 is 16.9 Å². The molecule has 1 unspecified atom stereocenters. The molecule has 100 valence electrons. The van der Waals surface area contributed by atoms with E-state index in [-0.39, 0.29) is 11.7 Å². The van der Waals surface area contributed by atoms with Gasteiger partial charge in [0.15, 0.2) is 6.04 Å². The number of esters is 1. The summed E-state index contributed by atoms with van der Waals surface area (Å²) in [6.07, 6.45) is 1.47. The predicted molar refractivity (Wildman–Crippen MR) is 64.1 cm³/mol. The first-order valence-electron chi connectivity index (χ1n) is 5.69. The van der Waals surface area contributed by atoms with Crippen molar-refractivity contribution in [3.05, 3.63) is 21.9 Å². The maximum atomic E-state index is 11.7. The largest absolute Gasteiger partial charge is 0.464 e. The first-order valence-corrected chi connectivity index (χ1v) is 5.69. The highest BCUT2D eigenvalue weighted by atomic mass is 16.6. The second-order valence-electron chi connectivity index (χ2n) is 4.57. The minimum atomic E-state index is -0.670. The fourth-order valence-electron chi connectivity index (χ4n) is 1.33. The summed E-state index contributed by atoms with van der Waals surface area (Å²) in [5.74, 6) is -0.436. The SMILES string of the molecule is Cc1cn(C(C)C(=O)OCC(C)C)nc1[N+](=O)[O-]. The number of aryl methyl sites for hydroxylation is 1. The highest BCUT2D eigenvalue weighted by molar-refractivity contribution is 5.73. The second kappa shape index (κ2) is 5.61. The molecule has 0 amide bonds. The van der Waals surface area contributed by atoms with E-state index >= 15 is 0 Å². The molecule has 0 saturated heterocycles. The van der Waals surface area contributed by atoms with Gasteiger partial charge >= 0.3 is 11.8 Å². The average Bonchev–Trinajstić information content (AvgIpc) is 2.67. The summed E-state index contributed by atoms with van der Waals surface area (Å²) >= 11 is 0. The lowest BCUT2D eigenvalue weighted by molar-refractivity contribution is -0.390. The van der Waals surface area contributed by atoms with E-state index in [4.69, 9.17) is 4.74 Å². The molecule has 0 aromatic carbocycles. The van der Waals surface area contributed by atoms with Crippen LogP contribution in [0.2, 0.25) is 0 Å². The number of nitrogens with zero attached hydrogens (tertiary/aromatic N) is 3. The third-order valence-electron chi connectivity index (χ3n) is 2.36. The molecule has 0 N–H and O–H groups in total. The van der Waals surface area contributed by atoms with Gasteiger partial charge < -0.3 is 14.9 Å². The maximum absolute atomic E-state index is 11.7. The average molecular weight is 255 g/mol. The molecule has 0 bridgehead atoms. The van der Waals surface area contributed by atoms with E-state index in [2.05, 4.69) is 5.10 Å². The Morgan fingerprint density at radius 1 is 1.56 bits per heavy atom. The molecule has 0 spiro atoms. The first kappa shape index (κ1) is 14.1. The minimum absolute atomic E-state index is 0.237. The predicted octanol–water partition coefficient (Wildman–Crippen LogP) is 1.86. The van der Waals surface area contributed by atoms with Crippen LogP contribution in [0.4, 0.5) is 5.82 Å². The molecule has 1 aromatic rings. The van der Waals surface area contributed by atoms with Crippen LogP contribution in [0.15, 0.2) is 6.20 Å². The topological polar surface area (TPSA) is 87.3 Å². The van der Waals surface area contributed by atoms with Gasteiger partial charge in [-0.15, -0.1) is 0 Å². The number of hydrogen-bond acceptors (Lipinski definition) is 5. The molecule has 0 aliphatic rings. The summed E-state index contributed by atoms with van der Waals surface area (Å²) < 4.78 is 6.32. The lowest BCUT2D eigenvalue weighted by atomic mass is 10.2. The van der Waals surface area contributed by atoms with Crippen molar-refractivity contribution in [2.45, 2.75) is 33.7 Å². The van der Waals surface area contributed by atoms with Crippen LogP contribution in [0.5, 0.6) is 0 Å².